The summed E-state index contributed by atoms with van der Waals surface area (Å²) in [6, 6.07) is 32.3. The Balaban J connectivity index is 1.93. The summed E-state index contributed by atoms with van der Waals surface area (Å²) in [6.07, 6.45) is 3.12. The lowest BCUT2D eigenvalue weighted by Crippen LogP contribution is -2.43. The topological polar surface area (TPSA) is 20.3 Å². The van der Waals surface area contributed by atoms with Gasteiger partial charge in [0.15, 0.2) is 5.66 Å². The van der Waals surface area contributed by atoms with Gasteiger partial charge in [0.25, 0.3) is 5.91 Å². The molecule has 1 fully saturated rings. The smallest absolute Gasteiger partial charge is 0.264 e. The van der Waals surface area contributed by atoms with Gasteiger partial charge < -0.3 is 4.90 Å². The summed E-state index contributed by atoms with van der Waals surface area (Å²) < 4.78 is 0. The number of rotatable bonds is 7. The molecule has 1 heterocycles. The second-order valence-corrected chi connectivity index (χ2v) is 11.3. The number of nitrogens with zero attached hydrogens (tertiary/aromatic N) is 1. The van der Waals surface area contributed by atoms with Crippen LogP contribution in [0.1, 0.15) is 26.2 Å². The van der Waals surface area contributed by atoms with Crippen LogP contribution in [-0.2, 0) is 4.79 Å². The third kappa shape index (κ3) is 3.63. The van der Waals surface area contributed by atoms with E-state index in [9.17, 15) is 4.79 Å². The minimum Gasteiger partial charge on any atom is -0.339 e. The molecule has 1 amide bonds. The molecule has 3 heteroatoms. The number of carbonyl (C=O) groups excluding carboxylic acids is 1. The normalized spacial score (nSPS) is 16.9. The average Bonchev–Trinajstić information content (AvgIpc) is 3.16. The van der Waals surface area contributed by atoms with Gasteiger partial charge in [-0.1, -0.05) is 67.9 Å². The summed E-state index contributed by atoms with van der Waals surface area (Å²) in [5.41, 5.74) is 0.00607. The highest BCUT2D eigenvalue weighted by atomic mass is 31.2. The van der Waals surface area contributed by atoms with Gasteiger partial charge in [-0.2, -0.15) is 0 Å². The van der Waals surface area contributed by atoms with Crippen molar-refractivity contribution in [1.82, 2.24) is 4.90 Å². The predicted molar refractivity (Wildman–Crippen MR) is 125 cm³/mol. The van der Waals surface area contributed by atoms with Crippen LogP contribution in [0.4, 0.5) is 0 Å². The molecule has 4 rings (SSSR count). The van der Waals surface area contributed by atoms with Crippen molar-refractivity contribution in [3.05, 3.63) is 91.0 Å². The van der Waals surface area contributed by atoms with Crippen LogP contribution < -0.4 is 15.9 Å². The monoisotopic (exact) mass is 402 g/mol. The Bertz CT molecular complexity index is 830. The molecule has 0 bridgehead atoms. The van der Waals surface area contributed by atoms with E-state index in [1.807, 2.05) is 0 Å². The van der Waals surface area contributed by atoms with Crippen molar-refractivity contribution >= 4 is 29.1 Å². The molecule has 0 saturated carbocycles. The molecule has 3 aromatic rings. The van der Waals surface area contributed by atoms with Gasteiger partial charge in [0.05, 0.1) is 0 Å². The molecule has 0 aromatic heterocycles. The van der Waals surface area contributed by atoms with E-state index < -0.39 is 7.26 Å². The highest BCUT2D eigenvalue weighted by molar-refractivity contribution is 7.96. The van der Waals surface area contributed by atoms with Gasteiger partial charge in [0.1, 0.15) is 23.2 Å². The van der Waals surface area contributed by atoms with Gasteiger partial charge in [-0.3, -0.25) is 4.79 Å². The first-order valence-electron chi connectivity index (χ1n) is 10.6. The van der Waals surface area contributed by atoms with Crippen molar-refractivity contribution in [2.45, 2.75) is 31.8 Å². The third-order valence-electron chi connectivity index (χ3n) is 6.01. The van der Waals surface area contributed by atoms with Gasteiger partial charge in [-0.05, 0) is 42.8 Å². The molecule has 0 radical (unpaired) electrons. The minimum atomic E-state index is -2.12. The van der Waals surface area contributed by atoms with Crippen LogP contribution in [0.15, 0.2) is 91.0 Å². The number of hydrogen-bond acceptors (Lipinski definition) is 1. The van der Waals surface area contributed by atoms with Gasteiger partial charge in [-0.25, -0.2) is 0 Å². The van der Waals surface area contributed by atoms with Crippen LogP contribution in [0.5, 0.6) is 0 Å². The van der Waals surface area contributed by atoms with Gasteiger partial charge in [0, 0.05) is 19.5 Å². The lowest BCUT2D eigenvalue weighted by molar-refractivity contribution is -0.127. The number of unbranched alkanes of at least 4 members (excludes halogenated alkanes) is 1. The van der Waals surface area contributed by atoms with Crippen LogP contribution in [-0.4, -0.2) is 29.6 Å². The van der Waals surface area contributed by atoms with Crippen molar-refractivity contribution in [1.29, 1.82) is 0 Å². The largest absolute Gasteiger partial charge is 0.339 e. The second kappa shape index (κ2) is 8.93. The van der Waals surface area contributed by atoms with E-state index >= 15 is 0 Å². The maximum atomic E-state index is 13.7. The number of benzene rings is 3. The fourth-order valence-corrected chi connectivity index (χ4v) is 9.53. The first-order valence-corrected chi connectivity index (χ1v) is 12.5. The molecule has 0 aliphatic carbocycles. The number of carbonyl (C=O) groups is 1. The van der Waals surface area contributed by atoms with E-state index in [2.05, 4.69) is 103 Å². The van der Waals surface area contributed by atoms with Crippen molar-refractivity contribution in [3.8, 4) is 0 Å². The Morgan fingerprint density at radius 1 is 0.793 bits per heavy atom. The molecule has 1 saturated heterocycles. The minimum absolute atomic E-state index is 0.00607. The molecule has 0 spiro atoms. The molecule has 3 aromatic carbocycles. The Kier molecular flexibility index (Phi) is 6.11. The Labute approximate surface area is 174 Å². The van der Waals surface area contributed by atoms with Crippen LogP contribution in [0.25, 0.3) is 0 Å². The lowest BCUT2D eigenvalue weighted by Gasteiger charge is -2.32. The maximum Gasteiger partial charge on any atom is 0.264 e. The lowest BCUT2D eigenvalue weighted by atomic mass is 10.3. The highest BCUT2D eigenvalue weighted by Crippen LogP contribution is 2.62. The molecule has 2 nitrogen and oxygen atoms in total. The van der Waals surface area contributed by atoms with Gasteiger partial charge in [0.2, 0.25) is 0 Å². The van der Waals surface area contributed by atoms with E-state index in [1.165, 1.54) is 15.9 Å². The molecular weight excluding hydrogens is 373 g/mol. The Morgan fingerprint density at radius 2 is 1.24 bits per heavy atom. The predicted octanol–water partition coefficient (Wildman–Crippen LogP) is 4.38. The average molecular weight is 402 g/mol. The zero-order chi connectivity index (χ0) is 20.1. The van der Waals surface area contributed by atoms with Crippen LogP contribution in [0.3, 0.4) is 0 Å². The zero-order valence-corrected chi connectivity index (χ0v) is 18.0. The summed E-state index contributed by atoms with van der Waals surface area (Å²) >= 11 is 0. The first-order chi connectivity index (χ1) is 14.3. The standard InChI is InChI=1S/C26H29NOP/c1-2-3-20-27-21-19-25(26(27)28)29(22-13-7-4-8-14-22,23-15-9-5-10-16-23)24-17-11-6-12-18-24/h4-18,25H,2-3,19-21H2,1H3/q+1. The third-order valence-corrected chi connectivity index (χ3v) is 10.8. The van der Waals surface area contributed by atoms with E-state index in [0.717, 1.165) is 32.4 Å². The number of likely N-dealkylation sites (tertiary alicyclic amines) is 1. The quantitative estimate of drug-likeness (QED) is 0.537. The Hall–Kier alpha value is -2.44. The number of hydrogen-bond donors (Lipinski definition) is 0. The van der Waals surface area contributed by atoms with Crippen molar-refractivity contribution in [2.75, 3.05) is 13.1 Å². The Morgan fingerprint density at radius 3 is 1.66 bits per heavy atom. The summed E-state index contributed by atoms with van der Waals surface area (Å²) in [7, 11) is -2.12. The van der Waals surface area contributed by atoms with E-state index in [-0.39, 0.29) is 5.66 Å². The van der Waals surface area contributed by atoms with Crippen LogP contribution in [0.2, 0.25) is 0 Å². The van der Waals surface area contributed by atoms with E-state index in [4.69, 9.17) is 0 Å². The fourth-order valence-electron chi connectivity index (χ4n) is 4.63. The van der Waals surface area contributed by atoms with Gasteiger partial charge in [-0.15, -0.1) is 0 Å². The summed E-state index contributed by atoms with van der Waals surface area (Å²) in [5.74, 6) is 0.336. The zero-order valence-electron chi connectivity index (χ0n) is 17.1. The van der Waals surface area contributed by atoms with Crippen LogP contribution in [0, 0.1) is 0 Å². The molecule has 1 unspecified atom stereocenters. The number of amides is 1. The SMILES string of the molecule is CCCCN1CCC([P+](c2ccccc2)(c2ccccc2)c2ccccc2)C1=O. The summed E-state index contributed by atoms with van der Waals surface area (Å²) in [6.45, 7) is 3.94. The summed E-state index contributed by atoms with van der Waals surface area (Å²) in [4.78, 5) is 15.8. The van der Waals surface area contributed by atoms with Crippen molar-refractivity contribution < 1.29 is 4.79 Å². The van der Waals surface area contributed by atoms with Gasteiger partial charge >= 0.3 is 0 Å². The fraction of sp³-hybridized carbons (Fsp3) is 0.269. The van der Waals surface area contributed by atoms with Crippen molar-refractivity contribution in [2.24, 2.45) is 0 Å². The van der Waals surface area contributed by atoms with E-state index in [0.29, 0.717) is 5.91 Å². The summed E-state index contributed by atoms with van der Waals surface area (Å²) in [5, 5.41) is 3.90. The molecule has 0 N–H and O–H groups in total. The molecule has 29 heavy (non-hydrogen) atoms. The maximum absolute atomic E-state index is 13.7. The molecule has 1 aliphatic rings. The van der Waals surface area contributed by atoms with Crippen LogP contribution >= 0.6 is 7.26 Å². The second-order valence-electron chi connectivity index (χ2n) is 7.71. The van der Waals surface area contributed by atoms with Crippen molar-refractivity contribution in [3.63, 3.8) is 0 Å². The molecular formula is C26H29NOP+. The molecule has 1 atom stereocenters. The first kappa shape index (κ1) is 19.9. The molecule has 148 valence electrons. The molecule has 1 aliphatic heterocycles. The van der Waals surface area contributed by atoms with E-state index in [1.54, 1.807) is 0 Å². The highest BCUT2D eigenvalue weighted by Gasteiger charge is 2.58.